The van der Waals surface area contributed by atoms with Crippen LogP contribution in [0.2, 0.25) is 0 Å². The maximum atomic E-state index is 14.0. The molecule has 1 aliphatic rings. The number of aliphatic hydroxyl groups excluding tert-OH is 2. The molecule has 4 atom stereocenters. The lowest BCUT2D eigenvalue weighted by Crippen LogP contribution is -2.36. The number of rotatable bonds is 4. The topological polar surface area (TPSA) is 149 Å². The summed E-state index contributed by atoms with van der Waals surface area (Å²) in [5, 5.41) is 21.4. The number of carbonyl (C=O) groups excluding carboxylic acids is 1. The lowest BCUT2D eigenvalue weighted by molar-refractivity contribution is -0.0355. The Labute approximate surface area is 129 Å². The number of aliphatic hydroxyl groups is 2. The van der Waals surface area contributed by atoms with Crippen LogP contribution in [0, 0.1) is 5.82 Å². The molecule has 11 heteroatoms. The number of nitrogens with zero attached hydrogens (tertiary/aromatic N) is 2. The van der Waals surface area contributed by atoms with Gasteiger partial charge in [-0.2, -0.15) is 4.98 Å². The third-order valence-corrected chi connectivity index (χ3v) is 3.23. The number of hydrogen-bond acceptors (Lipinski definition) is 8. The van der Waals surface area contributed by atoms with Crippen molar-refractivity contribution >= 4 is 11.9 Å². The third kappa shape index (κ3) is 3.64. The van der Waals surface area contributed by atoms with Crippen molar-refractivity contribution in [2.45, 2.75) is 31.5 Å². The average Bonchev–Trinajstić information content (AvgIpc) is 2.76. The van der Waals surface area contributed by atoms with Gasteiger partial charge in [-0.15, -0.1) is 0 Å². The van der Waals surface area contributed by atoms with E-state index in [0.29, 0.717) is 10.8 Å². The highest BCUT2D eigenvalue weighted by Crippen LogP contribution is 2.28. The minimum Gasteiger partial charge on any atom is -0.448 e. The molecule has 1 amide bonds. The standard InChI is InChI=1S/C12H17FN4O6/c1-5-7(18)8(19)10(23-5)17-4-6(13)9(15-11(17)20)16-12(21)22-3-2-14/h4-5,7-8,10,18-19H,2-3,14H2,1H3,(H,15,16,20,21). The molecule has 0 bridgehead atoms. The SMILES string of the molecule is CC1OC(n2cc(F)c(NC(=O)OCCN)nc2=O)C(O)C1O. The monoisotopic (exact) mass is 332 g/mol. The van der Waals surface area contributed by atoms with E-state index < -0.39 is 48.0 Å². The van der Waals surface area contributed by atoms with Gasteiger partial charge in [0.15, 0.2) is 17.9 Å². The lowest BCUT2D eigenvalue weighted by atomic mass is 10.1. The van der Waals surface area contributed by atoms with Crippen LogP contribution in [0.3, 0.4) is 0 Å². The van der Waals surface area contributed by atoms with Crippen molar-refractivity contribution in [3.8, 4) is 0 Å². The molecule has 0 aromatic carbocycles. The van der Waals surface area contributed by atoms with Gasteiger partial charge in [0.1, 0.15) is 18.8 Å². The average molecular weight is 332 g/mol. The Morgan fingerprint density at radius 2 is 2.26 bits per heavy atom. The lowest BCUT2D eigenvalue weighted by Gasteiger charge is -2.17. The number of halogens is 1. The predicted molar refractivity (Wildman–Crippen MR) is 74.1 cm³/mol. The van der Waals surface area contributed by atoms with Crippen molar-refractivity contribution in [2.75, 3.05) is 18.5 Å². The summed E-state index contributed by atoms with van der Waals surface area (Å²) in [7, 11) is 0. The summed E-state index contributed by atoms with van der Waals surface area (Å²) >= 11 is 0. The molecule has 1 aliphatic heterocycles. The van der Waals surface area contributed by atoms with E-state index in [1.807, 2.05) is 5.32 Å². The van der Waals surface area contributed by atoms with Crippen LogP contribution >= 0.6 is 0 Å². The number of aromatic nitrogens is 2. The first kappa shape index (κ1) is 17.3. The van der Waals surface area contributed by atoms with Gasteiger partial charge in [0, 0.05) is 6.54 Å². The molecule has 128 valence electrons. The summed E-state index contributed by atoms with van der Waals surface area (Å²) in [6.07, 6.45) is -4.97. The van der Waals surface area contributed by atoms with Crippen molar-refractivity contribution in [3.63, 3.8) is 0 Å². The van der Waals surface area contributed by atoms with Crippen molar-refractivity contribution in [2.24, 2.45) is 5.73 Å². The highest BCUT2D eigenvalue weighted by Gasteiger charge is 2.42. The van der Waals surface area contributed by atoms with E-state index in [9.17, 15) is 24.2 Å². The third-order valence-electron chi connectivity index (χ3n) is 3.23. The number of anilines is 1. The largest absolute Gasteiger partial charge is 0.448 e. The maximum absolute atomic E-state index is 14.0. The summed E-state index contributed by atoms with van der Waals surface area (Å²) in [5.41, 5.74) is 4.16. The van der Waals surface area contributed by atoms with Crippen LogP contribution in [0.1, 0.15) is 13.2 Å². The van der Waals surface area contributed by atoms with Crippen LogP contribution in [0.15, 0.2) is 11.0 Å². The number of carbonyl (C=O) groups is 1. The number of nitrogens with one attached hydrogen (secondary N) is 1. The molecule has 1 aromatic heterocycles. The van der Waals surface area contributed by atoms with Crippen LogP contribution in [0.25, 0.3) is 0 Å². The zero-order chi connectivity index (χ0) is 17.1. The normalized spacial score (nSPS) is 27.0. The van der Waals surface area contributed by atoms with E-state index in [1.165, 1.54) is 6.92 Å². The summed E-state index contributed by atoms with van der Waals surface area (Å²) in [4.78, 5) is 26.6. The van der Waals surface area contributed by atoms with E-state index in [-0.39, 0.29) is 13.2 Å². The summed E-state index contributed by atoms with van der Waals surface area (Å²) < 4.78 is 24.5. The van der Waals surface area contributed by atoms with E-state index >= 15 is 0 Å². The number of nitrogens with two attached hydrogens (primary N) is 1. The Morgan fingerprint density at radius 3 is 2.83 bits per heavy atom. The maximum Gasteiger partial charge on any atom is 0.412 e. The zero-order valence-corrected chi connectivity index (χ0v) is 12.2. The Kier molecular flexibility index (Phi) is 5.26. The second kappa shape index (κ2) is 7.00. The fourth-order valence-corrected chi connectivity index (χ4v) is 2.06. The van der Waals surface area contributed by atoms with Crippen LogP contribution in [-0.2, 0) is 9.47 Å². The van der Waals surface area contributed by atoms with Gasteiger partial charge in [-0.1, -0.05) is 0 Å². The molecule has 2 rings (SSSR count). The summed E-state index contributed by atoms with van der Waals surface area (Å²) in [6.45, 7) is 1.50. The zero-order valence-electron chi connectivity index (χ0n) is 12.2. The molecular formula is C12H17FN4O6. The van der Waals surface area contributed by atoms with Crippen LogP contribution in [-0.4, -0.2) is 57.3 Å². The number of ether oxygens (including phenoxy) is 2. The van der Waals surface area contributed by atoms with E-state index in [2.05, 4.69) is 9.72 Å². The Bertz CT molecular complexity index is 638. The predicted octanol–water partition coefficient (Wildman–Crippen LogP) is -1.47. The fourth-order valence-electron chi connectivity index (χ4n) is 2.06. The molecule has 1 aromatic rings. The van der Waals surface area contributed by atoms with Gasteiger partial charge < -0.3 is 25.4 Å². The van der Waals surface area contributed by atoms with Gasteiger partial charge in [0.05, 0.1) is 12.3 Å². The van der Waals surface area contributed by atoms with Gasteiger partial charge in [0.2, 0.25) is 0 Å². The van der Waals surface area contributed by atoms with Crippen molar-refractivity contribution < 1.29 is 28.9 Å². The Morgan fingerprint density at radius 1 is 1.57 bits per heavy atom. The molecule has 0 spiro atoms. The summed E-state index contributed by atoms with van der Waals surface area (Å²) in [5.74, 6) is -1.67. The molecule has 23 heavy (non-hydrogen) atoms. The minimum atomic E-state index is -1.42. The molecule has 5 N–H and O–H groups in total. The molecule has 4 unspecified atom stereocenters. The van der Waals surface area contributed by atoms with E-state index in [1.54, 1.807) is 0 Å². The van der Waals surface area contributed by atoms with Gasteiger partial charge in [-0.3, -0.25) is 9.88 Å². The molecule has 2 heterocycles. The van der Waals surface area contributed by atoms with Crippen molar-refractivity contribution in [1.29, 1.82) is 0 Å². The second-order valence-corrected chi connectivity index (χ2v) is 4.89. The molecule has 1 saturated heterocycles. The van der Waals surface area contributed by atoms with Gasteiger partial charge in [0.25, 0.3) is 0 Å². The first-order chi connectivity index (χ1) is 10.8. The minimum absolute atomic E-state index is 0.0810. The highest BCUT2D eigenvalue weighted by atomic mass is 19.1. The number of amides is 1. The summed E-state index contributed by atoms with van der Waals surface area (Å²) in [6, 6.07) is 0. The van der Waals surface area contributed by atoms with E-state index in [0.717, 1.165) is 0 Å². The van der Waals surface area contributed by atoms with Crippen molar-refractivity contribution in [1.82, 2.24) is 9.55 Å². The number of hydrogen-bond donors (Lipinski definition) is 4. The van der Waals surface area contributed by atoms with Crippen molar-refractivity contribution in [3.05, 3.63) is 22.5 Å². The first-order valence-corrected chi connectivity index (χ1v) is 6.79. The van der Waals surface area contributed by atoms with Gasteiger partial charge in [-0.25, -0.2) is 14.0 Å². The van der Waals surface area contributed by atoms with Crippen LogP contribution in [0.4, 0.5) is 15.0 Å². The van der Waals surface area contributed by atoms with Crippen LogP contribution in [0.5, 0.6) is 0 Å². The molecule has 0 aliphatic carbocycles. The first-order valence-electron chi connectivity index (χ1n) is 6.79. The quantitative estimate of drug-likeness (QED) is 0.522. The van der Waals surface area contributed by atoms with E-state index in [4.69, 9.17) is 10.5 Å². The molecule has 1 fully saturated rings. The Hall–Kier alpha value is -2.08. The molecule has 10 nitrogen and oxygen atoms in total. The second-order valence-electron chi connectivity index (χ2n) is 4.89. The fraction of sp³-hybridized carbons (Fsp3) is 0.583. The van der Waals surface area contributed by atoms with Gasteiger partial charge >= 0.3 is 11.8 Å². The molecule has 0 radical (unpaired) electrons. The van der Waals surface area contributed by atoms with Gasteiger partial charge in [-0.05, 0) is 6.92 Å². The Balaban J connectivity index is 2.21. The highest BCUT2D eigenvalue weighted by molar-refractivity contribution is 5.83. The molecule has 0 saturated carbocycles. The molecular weight excluding hydrogens is 315 g/mol. The smallest absolute Gasteiger partial charge is 0.412 e. The van der Waals surface area contributed by atoms with Crippen LogP contribution < -0.4 is 16.7 Å².